The summed E-state index contributed by atoms with van der Waals surface area (Å²) in [5, 5.41) is 8.92. The molecule has 0 aliphatic heterocycles. The molecule has 19 heavy (non-hydrogen) atoms. The maximum Gasteiger partial charge on any atom is 0.372 e. The smallest absolute Gasteiger partial charge is 0.372 e. The van der Waals surface area contributed by atoms with Crippen molar-refractivity contribution in [1.82, 2.24) is 4.90 Å². The van der Waals surface area contributed by atoms with E-state index in [0.29, 0.717) is 24.5 Å². The zero-order chi connectivity index (χ0) is 13.8. The van der Waals surface area contributed by atoms with Crippen LogP contribution in [0.5, 0.6) is 0 Å². The highest BCUT2D eigenvalue weighted by atomic mass is 16.5. The van der Waals surface area contributed by atoms with Crippen molar-refractivity contribution in [2.24, 2.45) is 5.92 Å². The average Bonchev–Trinajstić information content (AvgIpc) is 3.08. The number of carbonyl (C=O) groups is 1. The summed E-state index contributed by atoms with van der Waals surface area (Å²) >= 11 is 0. The van der Waals surface area contributed by atoms with Crippen molar-refractivity contribution in [3.8, 4) is 0 Å². The highest BCUT2D eigenvalue weighted by molar-refractivity contribution is 5.86. The quantitative estimate of drug-likeness (QED) is 0.731. The highest BCUT2D eigenvalue weighted by Crippen LogP contribution is 2.28. The lowest BCUT2D eigenvalue weighted by Gasteiger charge is -2.14. The molecule has 1 aliphatic rings. The average molecular weight is 267 g/mol. The zero-order valence-electron chi connectivity index (χ0n) is 11.5. The summed E-state index contributed by atoms with van der Waals surface area (Å²) in [7, 11) is 1.97. The molecule has 0 bridgehead atoms. The molecule has 1 aromatic heterocycles. The lowest BCUT2D eigenvalue weighted by atomic mass is 10.2. The molecule has 0 radical (unpaired) electrons. The van der Waals surface area contributed by atoms with Crippen LogP contribution in [0.15, 0.2) is 10.5 Å². The number of rotatable bonds is 8. The molecule has 0 aromatic carbocycles. The Morgan fingerprint density at radius 2 is 2.32 bits per heavy atom. The van der Waals surface area contributed by atoms with Crippen molar-refractivity contribution in [2.75, 3.05) is 26.8 Å². The Morgan fingerprint density at radius 1 is 1.58 bits per heavy atom. The van der Waals surface area contributed by atoms with Crippen LogP contribution in [0.25, 0.3) is 0 Å². The van der Waals surface area contributed by atoms with Gasteiger partial charge < -0.3 is 14.3 Å². The van der Waals surface area contributed by atoms with Gasteiger partial charge in [-0.2, -0.15) is 0 Å². The van der Waals surface area contributed by atoms with E-state index in [1.54, 1.807) is 13.0 Å². The van der Waals surface area contributed by atoms with Crippen LogP contribution in [-0.4, -0.2) is 42.8 Å². The third-order valence-corrected chi connectivity index (χ3v) is 3.26. The third kappa shape index (κ3) is 4.36. The maximum absolute atomic E-state index is 10.9. The first-order chi connectivity index (χ1) is 9.06. The van der Waals surface area contributed by atoms with Crippen LogP contribution in [0.4, 0.5) is 0 Å². The Hall–Kier alpha value is -1.33. The van der Waals surface area contributed by atoms with E-state index in [0.717, 1.165) is 19.1 Å². The molecule has 0 unspecified atom stereocenters. The van der Waals surface area contributed by atoms with Gasteiger partial charge >= 0.3 is 5.97 Å². The van der Waals surface area contributed by atoms with Gasteiger partial charge in [-0.25, -0.2) is 4.79 Å². The predicted octanol–water partition coefficient (Wildman–Crippen LogP) is 2.14. The van der Waals surface area contributed by atoms with Gasteiger partial charge in [0.25, 0.3) is 0 Å². The Kier molecular flexibility index (Phi) is 4.61. The molecule has 1 saturated carbocycles. The van der Waals surface area contributed by atoms with Gasteiger partial charge in [0.1, 0.15) is 5.76 Å². The van der Waals surface area contributed by atoms with Crippen molar-refractivity contribution in [1.29, 1.82) is 0 Å². The van der Waals surface area contributed by atoms with E-state index in [-0.39, 0.29) is 5.76 Å². The normalized spacial score (nSPS) is 15.1. The Labute approximate surface area is 113 Å². The summed E-state index contributed by atoms with van der Waals surface area (Å²) in [6.45, 7) is 4.74. The molecule has 5 nitrogen and oxygen atoms in total. The molecule has 1 aromatic rings. The number of likely N-dealkylation sites (N-methyl/N-ethyl adjacent to an activating group) is 1. The van der Waals surface area contributed by atoms with Crippen LogP contribution in [0.3, 0.4) is 0 Å². The molecule has 106 valence electrons. The van der Waals surface area contributed by atoms with E-state index in [4.69, 9.17) is 14.3 Å². The number of furan rings is 1. The minimum atomic E-state index is -1.01. The molecule has 0 saturated heterocycles. The van der Waals surface area contributed by atoms with Gasteiger partial charge in [0.15, 0.2) is 0 Å². The van der Waals surface area contributed by atoms with Crippen LogP contribution in [0.2, 0.25) is 0 Å². The molecule has 1 N–H and O–H groups in total. The summed E-state index contributed by atoms with van der Waals surface area (Å²) in [5.41, 5.74) is 0.667. The number of carboxylic acids is 1. The topological polar surface area (TPSA) is 62.9 Å². The SMILES string of the molecule is Cc1cc(CN(C)CCOCC2CC2)oc1C(=O)O. The molecular weight excluding hydrogens is 246 g/mol. The van der Waals surface area contributed by atoms with Gasteiger partial charge in [0.05, 0.1) is 13.2 Å². The van der Waals surface area contributed by atoms with Crippen molar-refractivity contribution < 1.29 is 19.1 Å². The summed E-state index contributed by atoms with van der Waals surface area (Å²) in [5.74, 6) is 0.489. The van der Waals surface area contributed by atoms with Crippen LogP contribution in [0, 0.1) is 12.8 Å². The fourth-order valence-electron chi connectivity index (χ4n) is 1.94. The standard InChI is InChI=1S/C14H21NO4/c1-10-7-12(19-13(10)14(16)17)8-15(2)5-6-18-9-11-3-4-11/h7,11H,3-6,8-9H2,1-2H3,(H,16,17). The molecule has 2 rings (SSSR count). The number of carboxylic acid groups (broad SMARTS) is 1. The van der Waals surface area contributed by atoms with Crippen molar-refractivity contribution in [2.45, 2.75) is 26.3 Å². The second-order valence-corrected chi connectivity index (χ2v) is 5.29. The Morgan fingerprint density at radius 3 is 2.89 bits per heavy atom. The minimum absolute atomic E-state index is 0.0355. The lowest BCUT2D eigenvalue weighted by Crippen LogP contribution is -2.22. The molecule has 0 atom stereocenters. The maximum atomic E-state index is 10.9. The molecule has 1 heterocycles. The molecule has 0 spiro atoms. The van der Waals surface area contributed by atoms with Crippen molar-refractivity contribution >= 4 is 5.97 Å². The van der Waals surface area contributed by atoms with Gasteiger partial charge in [-0.3, -0.25) is 4.90 Å². The third-order valence-electron chi connectivity index (χ3n) is 3.26. The molecule has 5 heteroatoms. The van der Waals surface area contributed by atoms with Gasteiger partial charge in [0, 0.05) is 18.7 Å². The first kappa shape index (κ1) is 14.1. The van der Waals surface area contributed by atoms with Crippen LogP contribution >= 0.6 is 0 Å². The fraction of sp³-hybridized carbons (Fsp3) is 0.643. The number of aromatic carboxylic acids is 1. The van der Waals surface area contributed by atoms with E-state index < -0.39 is 5.97 Å². The van der Waals surface area contributed by atoms with Gasteiger partial charge in [-0.15, -0.1) is 0 Å². The Bertz CT molecular complexity index is 437. The first-order valence-electron chi connectivity index (χ1n) is 6.65. The van der Waals surface area contributed by atoms with E-state index in [1.165, 1.54) is 12.8 Å². The number of hydrogen-bond donors (Lipinski definition) is 1. The van der Waals surface area contributed by atoms with E-state index in [1.807, 2.05) is 7.05 Å². The largest absolute Gasteiger partial charge is 0.475 e. The fourth-order valence-corrected chi connectivity index (χ4v) is 1.94. The minimum Gasteiger partial charge on any atom is -0.475 e. The number of ether oxygens (including phenoxy) is 1. The van der Waals surface area contributed by atoms with Crippen LogP contribution in [-0.2, 0) is 11.3 Å². The number of nitrogens with zero attached hydrogens (tertiary/aromatic N) is 1. The van der Waals surface area contributed by atoms with Crippen molar-refractivity contribution in [3.63, 3.8) is 0 Å². The van der Waals surface area contributed by atoms with E-state index in [9.17, 15) is 4.79 Å². The van der Waals surface area contributed by atoms with E-state index in [2.05, 4.69) is 4.90 Å². The summed E-state index contributed by atoms with van der Waals surface area (Å²) in [4.78, 5) is 12.9. The Balaban J connectivity index is 1.72. The van der Waals surface area contributed by atoms with Gasteiger partial charge in [-0.05, 0) is 38.8 Å². The predicted molar refractivity (Wildman–Crippen MR) is 70.3 cm³/mol. The van der Waals surface area contributed by atoms with Gasteiger partial charge in [0.2, 0.25) is 5.76 Å². The summed E-state index contributed by atoms with van der Waals surface area (Å²) in [6, 6.07) is 1.78. The van der Waals surface area contributed by atoms with E-state index >= 15 is 0 Å². The highest BCUT2D eigenvalue weighted by Gasteiger charge is 2.21. The number of hydrogen-bond acceptors (Lipinski definition) is 4. The summed E-state index contributed by atoms with van der Waals surface area (Å²) in [6.07, 6.45) is 2.61. The molecule has 0 amide bonds. The molecule has 1 aliphatic carbocycles. The summed E-state index contributed by atoms with van der Waals surface area (Å²) < 4.78 is 10.9. The van der Waals surface area contributed by atoms with Crippen molar-refractivity contribution in [3.05, 3.63) is 23.2 Å². The lowest BCUT2D eigenvalue weighted by molar-refractivity contribution is 0.0655. The van der Waals surface area contributed by atoms with Gasteiger partial charge in [-0.1, -0.05) is 0 Å². The van der Waals surface area contributed by atoms with Crippen LogP contribution in [0.1, 0.15) is 34.7 Å². The van der Waals surface area contributed by atoms with Crippen LogP contribution < -0.4 is 0 Å². The zero-order valence-corrected chi connectivity index (χ0v) is 11.5. The first-order valence-corrected chi connectivity index (χ1v) is 6.65. The molecular formula is C14H21NO4. The molecule has 1 fully saturated rings. The number of aryl methyl sites for hydroxylation is 1. The monoisotopic (exact) mass is 267 g/mol. The second kappa shape index (κ2) is 6.21. The second-order valence-electron chi connectivity index (χ2n) is 5.29.